The zero-order chi connectivity index (χ0) is 13.8. The van der Waals surface area contributed by atoms with Crippen LogP contribution in [-0.2, 0) is 9.19 Å². The molecule has 1 aromatic carbocycles. The predicted octanol–water partition coefficient (Wildman–Crippen LogP) is 2.23. The van der Waals surface area contributed by atoms with Crippen molar-refractivity contribution in [1.29, 1.82) is 5.26 Å². The lowest BCUT2D eigenvalue weighted by molar-refractivity contribution is 0.336. The van der Waals surface area contributed by atoms with Crippen molar-refractivity contribution >= 4 is 30.0 Å². The van der Waals surface area contributed by atoms with E-state index in [9.17, 15) is 4.57 Å². The fraction of sp³-hybridized carbons (Fsp3) is 0. The number of hydrogen-bond donors (Lipinski definition) is 2. The average molecular weight is 343 g/mol. The molecule has 9 heteroatoms. The molecule has 1 aromatic heterocycles. The molecule has 0 aliphatic carbocycles. The highest BCUT2D eigenvalue weighted by Gasteiger charge is 2.10. The van der Waals surface area contributed by atoms with E-state index in [1.54, 1.807) is 12.1 Å². The van der Waals surface area contributed by atoms with Gasteiger partial charge in [0.25, 0.3) is 0 Å². The number of nitrogens with zero attached hydrogens (tertiary/aromatic N) is 3. The number of halogens is 1. The molecule has 1 heterocycles. The van der Waals surface area contributed by atoms with Crippen LogP contribution in [0.25, 0.3) is 5.69 Å². The van der Waals surface area contributed by atoms with Crippen molar-refractivity contribution in [3.05, 3.63) is 40.5 Å². The molecule has 0 aliphatic rings. The molecule has 7 nitrogen and oxygen atoms in total. The van der Waals surface area contributed by atoms with E-state index < -0.39 is 8.25 Å². The number of nitrogens with one attached hydrogen (secondary N) is 1. The molecule has 2 rings (SSSR count). The van der Waals surface area contributed by atoms with Crippen LogP contribution < -0.4 is 5.48 Å². The fourth-order valence-electron chi connectivity index (χ4n) is 1.38. The smallest absolute Gasteiger partial charge is 0.325 e. The van der Waals surface area contributed by atoms with Crippen molar-refractivity contribution < 1.29 is 14.1 Å². The first-order valence-corrected chi connectivity index (χ1v) is 7.07. The second-order valence-corrected chi connectivity index (χ2v) is 5.04. The lowest BCUT2D eigenvalue weighted by Gasteiger charge is -2.07. The van der Waals surface area contributed by atoms with E-state index in [1.165, 1.54) is 10.7 Å². The van der Waals surface area contributed by atoms with E-state index in [1.807, 2.05) is 18.2 Å². The average Bonchev–Trinajstić information content (AvgIpc) is 2.80. The minimum Gasteiger partial charge on any atom is -0.325 e. The summed E-state index contributed by atoms with van der Waals surface area (Å²) in [4.78, 5) is 8.64. The van der Waals surface area contributed by atoms with E-state index in [0.29, 0.717) is 5.69 Å². The Morgan fingerprint density at radius 2 is 2.16 bits per heavy atom. The molecule has 19 heavy (non-hydrogen) atoms. The predicted molar refractivity (Wildman–Crippen MR) is 71.9 cm³/mol. The van der Waals surface area contributed by atoms with Gasteiger partial charge in [-0.05, 0) is 24.3 Å². The normalized spacial score (nSPS) is 11.8. The first kappa shape index (κ1) is 13.8. The van der Waals surface area contributed by atoms with Gasteiger partial charge in [0.05, 0.1) is 5.69 Å². The van der Waals surface area contributed by atoms with Crippen LogP contribution in [0.15, 0.2) is 34.8 Å². The molecule has 1 atom stereocenters. The van der Waals surface area contributed by atoms with Gasteiger partial charge >= 0.3 is 8.25 Å². The van der Waals surface area contributed by atoms with Gasteiger partial charge in [-0.1, -0.05) is 15.9 Å². The summed E-state index contributed by atoms with van der Waals surface area (Å²) in [7, 11) is -3.13. The summed E-state index contributed by atoms with van der Waals surface area (Å²) >= 11 is 3.31. The highest BCUT2D eigenvalue weighted by atomic mass is 79.9. The van der Waals surface area contributed by atoms with Crippen LogP contribution in [0.5, 0.6) is 0 Å². The van der Waals surface area contributed by atoms with Crippen molar-refractivity contribution in [2.24, 2.45) is 0 Å². The molecule has 2 aromatic rings. The van der Waals surface area contributed by atoms with Crippen LogP contribution in [0.1, 0.15) is 5.69 Å². The summed E-state index contributed by atoms with van der Waals surface area (Å²) in [5.41, 5.74) is 3.13. The Morgan fingerprint density at radius 1 is 1.47 bits per heavy atom. The summed E-state index contributed by atoms with van der Waals surface area (Å²) in [5.74, 6) is 0.284. The van der Waals surface area contributed by atoms with Crippen LogP contribution >= 0.6 is 24.2 Å². The number of hydrogen-bond acceptors (Lipinski definition) is 5. The quantitative estimate of drug-likeness (QED) is 0.652. The Bertz CT molecular complexity index is 650. The lowest BCUT2D eigenvalue weighted by Crippen LogP contribution is -2.04. The van der Waals surface area contributed by atoms with Crippen LogP contribution in [0.2, 0.25) is 0 Å². The number of anilines is 1. The molecule has 0 amide bonds. The third kappa shape index (κ3) is 3.43. The lowest BCUT2D eigenvalue weighted by atomic mass is 10.3. The molecular formula is C10H8BrN4O3P. The molecule has 1 unspecified atom stereocenters. The molecular weight excluding hydrogens is 335 g/mol. The third-order valence-electron chi connectivity index (χ3n) is 2.14. The topological polar surface area (TPSA) is 100 Å². The number of aromatic nitrogens is 2. The van der Waals surface area contributed by atoms with E-state index in [4.69, 9.17) is 10.2 Å². The monoisotopic (exact) mass is 342 g/mol. The number of nitriles is 1. The zero-order valence-electron chi connectivity index (χ0n) is 9.37. The maximum absolute atomic E-state index is 10.5. The van der Waals surface area contributed by atoms with Crippen molar-refractivity contribution in [2.45, 2.75) is 0 Å². The Morgan fingerprint density at radius 3 is 2.74 bits per heavy atom. The summed E-state index contributed by atoms with van der Waals surface area (Å²) in [6.45, 7) is 0. The first-order valence-electron chi connectivity index (χ1n) is 5.02. The highest BCUT2D eigenvalue weighted by Crippen LogP contribution is 2.22. The molecule has 0 saturated heterocycles. The molecule has 0 saturated carbocycles. The second kappa shape index (κ2) is 5.99. The largest absolute Gasteiger partial charge is 0.337 e. The van der Waals surface area contributed by atoms with Gasteiger partial charge in [0, 0.05) is 10.5 Å². The van der Waals surface area contributed by atoms with Gasteiger partial charge in [-0.25, -0.2) is 10.2 Å². The minimum absolute atomic E-state index is 0.159. The van der Waals surface area contributed by atoms with Crippen LogP contribution in [0.4, 0.5) is 5.82 Å². The van der Waals surface area contributed by atoms with Crippen LogP contribution in [0, 0.1) is 11.3 Å². The van der Waals surface area contributed by atoms with E-state index in [2.05, 4.69) is 31.1 Å². The van der Waals surface area contributed by atoms with Crippen LogP contribution in [-0.4, -0.2) is 14.7 Å². The van der Waals surface area contributed by atoms with Crippen molar-refractivity contribution in [3.8, 4) is 11.8 Å². The highest BCUT2D eigenvalue weighted by molar-refractivity contribution is 9.10. The van der Waals surface area contributed by atoms with Gasteiger partial charge in [-0.3, -0.25) is 4.57 Å². The minimum atomic E-state index is -3.13. The Hall–Kier alpha value is -1.65. The van der Waals surface area contributed by atoms with Crippen molar-refractivity contribution in [2.75, 3.05) is 5.48 Å². The van der Waals surface area contributed by atoms with E-state index in [0.717, 1.165) is 4.47 Å². The summed E-state index contributed by atoms with van der Waals surface area (Å²) in [6.07, 6.45) is 0. The third-order valence-corrected chi connectivity index (χ3v) is 2.94. The molecule has 2 N–H and O–H groups in total. The standard InChI is InChI=1S/C10H8BrN4O3P/c11-7-1-3-9(4-2-7)15-10(14-18-19(16)17)5-8(6-12)13-15/h1-5,14,19H,(H,16,17). The Balaban J connectivity index is 2.37. The van der Waals surface area contributed by atoms with Gasteiger partial charge in [-0.15, -0.1) is 0 Å². The molecule has 98 valence electrons. The summed E-state index contributed by atoms with van der Waals surface area (Å²) < 4.78 is 17.3. The van der Waals surface area contributed by atoms with Gasteiger partial charge in [-0.2, -0.15) is 15.0 Å². The van der Waals surface area contributed by atoms with Crippen LogP contribution in [0.3, 0.4) is 0 Å². The maximum Gasteiger partial charge on any atom is 0.337 e. The zero-order valence-corrected chi connectivity index (χ0v) is 12.0. The number of benzene rings is 1. The van der Waals surface area contributed by atoms with Crippen molar-refractivity contribution in [1.82, 2.24) is 9.78 Å². The second-order valence-electron chi connectivity index (χ2n) is 3.38. The van der Waals surface area contributed by atoms with Gasteiger partial charge in [0.1, 0.15) is 6.07 Å². The van der Waals surface area contributed by atoms with Crippen molar-refractivity contribution in [3.63, 3.8) is 0 Å². The summed E-state index contributed by atoms with van der Waals surface area (Å²) in [6, 6.07) is 10.5. The van der Waals surface area contributed by atoms with Gasteiger partial charge in [0.2, 0.25) is 0 Å². The maximum atomic E-state index is 10.5. The van der Waals surface area contributed by atoms with E-state index in [-0.39, 0.29) is 11.5 Å². The molecule has 0 fully saturated rings. The summed E-state index contributed by atoms with van der Waals surface area (Å²) in [5, 5.41) is 12.9. The number of rotatable bonds is 4. The Labute approximate surface area is 117 Å². The Kier molecular flexibility index (Phi) is 4.35. The molecule has 0 radical (unpaired) electrons. The first-order chi connectivity index (χ1) is 9.10. The van der Waals surface area contributed by atoms with Gasteiger partial charge < -0.3 is 4.89 Å². The SMILES string of the molecule is N#Cc1cc(NO[PH](=O)O)n(-c2ccc(Br)cc2)n1. The van der Waals surface area contributed by atoms with E-state index >= 15 is 0 Å². The fourth-order valence-corrected chi connectivity index (χ4v) is 1.84. The van der Waals surface area contributed by atoms with Gasteiger partial charge in [0.15, 0.2) is 11.5 Å². The molecule has 0 bridgehead atoms. The molecule has 0 aliphatic heterocycles. The molecule has 0 spiro atoms.